The number of carboxylic acid groups (broad SMARTS) is 1. The SMILES string of the molecule is Cn1cc(CCSCCC(NC(=O)OC(C)(C)C)C(=O)O)cn1. The van der Waals surface area contributed by atoms with E-state index in [1.54, 1.807) is 37.2 Å². The Morgan fingerprint density at radius 3 is 2.65 bits per heavy atom. The van der Waals surface area contributed by atoms with Gasteiger partial charge in [0.05, 0.1) is 6.20 Å². The van der Waals surface area contributed by atoms with E-state index in [9.17, 15) is 9.59 Å². The Kier molecular flexibility index (Phi) is 7.41. The van der Waals surface area contributed by atoms with E-state index in [-0.39, 0.29) is 0 Å². The number of thioether (sulfide) groups is 1. The van der Waals surface area contributed by atoms with E-state index in [2.05, 4.69) is 10.4 Å². The van der Waals surface area contributed by atoms with E-state index < -0.39 is 23.7 Å². The molecule has 130 valence electrons. The van der Waals surface area contributed by atoms with Crippen molar-refractivity contribution in [3.63, 3.8) is 0 Å². The summed E-state index contributed by atoms with van der Waals surface area (Å²) in [7, 11) is 1.87. The normalized spacial score (nSPS) is 12.7. The van der Waals surface area contributed by atoms with Gasteiger partial charge in [-0.15, -0.1) is 0 Å². The summed E-state index contributed by atoms with van der Waals surface area (Å²) in [6, 6.07) is -0.934. The molecule has 1 aromatic rings. The van der Waals surface area contributed by atoms with Crippen molar-refractivity contribution in [2.75, 3.05) is 11.5 Å². The molecule has 0 aromatic carbocycles. The molecule has 1 unspecified atom stereocenters. The molecule has 0 saturated carbocycles. The number of nitrogens with zero attached hydrogens (tertiary/aromatic N) is 2. The van der Waals surface area contributed by atoms with Gasteiger partial charge in [0.1, 0.15) is 11.6 Å². The zero-order valence-corrected chi connectivity index (χ0v) is 14.9. The van der Waals surface area contributed by atoms with Gasteiger partial charge in [-0.2, -0.15) is 16.9 Å². The fourth-order valence-corrected chi connectivity index (χ4v) is 2.79. The quantitative estimate of drug-likeness (QED) is 0.702. The second kappa shape index (κ2) is 8.81. The molecule has 0 aliphatic rings. The van der Waals surface area contributed by atoms with Crippen LogP contribution in [0.4, 0.5) is 4.79 Å². The van der Waals surface area contributed by atoms with Gasteiger partial charge in [0.15, 0.2) is 0 Å². The average molecular weight is 343 g/mol. The van der Waals surface area contributed by atoms with Crippen LogP contribution in [0.2, 0.25) is 0 Å². The number of carbonyl (C=O) groups excluding carboxylic acids is 1. The van der Waals surface area contributed by atoms with Crippen LogP contribution in [0.5, 0.6) is 0 Å². The minimum Gasteiger partial charge on any atom is -0.480 e. The summed E-state index contributed by atoms with van der Waals surface area (Å²) >= 11 is 1.65. The Morgan fingerprint density at radius 1 is 1.43 bits per heavy atom. The van der Waals surface area contributed by atoms with Crippen LogP contribution in [0.3, 0.4) is 0 Å². The number of aliphatic carboxylic acids is 1. The van der Waals surface area contributed by atoms with Crippen molar-refractivity contribution in [2.24, 2.45) is 7.05 Å². The highest BCUT2D eigenvalue weighted by atomic mass is 32.2. The van der Waals surface area contributed by atoms with E-state index in [1.165, 1.54) is 0 Å². The van der Waals surface area contributed by atoms with E-state index in [1.807, 2.05) is 19.4 Å². The van der Waals surface area contributed by atoms with Crippen LogP contribution >= 0.6 is 11.8 Å². The second-order valence-corrected chi connectivity index (χ2v) is 7.44. The lowest BCUT2D eigenvalue weighted by atomic mass is 10.2. The molecule has 1 amide bonds. The van der Waals surface area contributed by atoms with Gasteiger partial charge in [-0.25, -0.2) is 9.59 Å². The molecule has 0 aliphatic heterocycles. The van der Waals surface area contributed by atoms with Crippen molar-refractivity contribution in [3.8, 4) is 0 Å². The molecule has 1 rings (SSSR count). The van der Waals surface area contributed by atoms with Crippen molar-refractivity contribution < 1.29 is 19.4 Å². The van der Waals surface area contributed by atoms with E-state index in [0.717, 1.165) is 17.7 Å². The molecule has 1 aromatic heterocycles. The number of hydrogen-bond donors (Lipinski definition) is 2. The Hall–Kier alpha value is -1.70. The average Bonchev–Trinajstić information content (AvgIpc) is 2.80. The van der Waals surface area contributed by atoms with E-state index >= 15 is 0 Å². The van der Waals surface area contributed by atoms with Crippen LogP contribution < -0.4 is 5.32 Å². The van der Waals surface area contributed by atoms with Crippen molar-refractivity contribution in [1.29, 1.82) is 0 Å². The van der Waals surface area contributed by atoms with Crippen molar-refractivity contribution in [1.82, 2.24) is 15.1 Å². The first-order valence-electron chi connectivity index (χ1n) is 7.45. The highest BCUT2D eigenvalue weighted by Gasteiger charge is 2.23. The molecule has 2 N–H and O–H groups in total. The van der Waals surface area contributed by atoms with Gasteiger partial charge in [0, 0.05) is 13.2 Å². The molecule has 0 radical (unpaired) electrons. The molecule has 7 nitrogen and oxygen atoms in total. The molecule has 23 heavy (non-hydrogen) atoms. The van der Waals surface area contributed by atoms with Crippen LogP contribution in [-0.2, 0) is 23.0 Å². The van der Waals surface area contributed by atoms with Gasteiger partial charge in [0.25, 0.3) is 0 Å². The number of rotatable bonds is 8. The van der Waals surface area contributed by atoms with Gasteiger partial charge in [-0.05, 0) is 50.7 Å². The number of amides is 1. The third-order valence-corrected chi connectivity index (χ3v) is 3.85. The molecular weight excluding hydrogens is 318 g/mol. The molecule has 0 saturated heterocycles. The number of ether oxygens (including phenoxy) is 1. The maximum atomic E-state index is 11.6. The molecule has 0 aliphatic carbocycles. The fraction of sp³-hybridized carbons (Fsp3) is 0.667. The highest BCUT2D eigenvalue weighted by Crippen LogP contribution is 2.11. The number of aromatic nitrogens is 2. The predicted octanol–water partition coefficient (Wildman–Crippen LogP) is 2.06. The molecule has 0 fully saturated rings. The molecule has 0 bridgehead atoms. The molecule has 1 atom stereocenters. The van der Waals surface area contributed by atoms with Crippen LogP contribution in [0, 0.1) is 0 Å². The zero-order chi connectivity index (χ0) is 17.5. The predicted molar refractivity (Wildman–Crippen MR) is 89.6 cm³/mol. The van der Waals surface area contributed by atoms with Gasteiger partial charge < -0.3 is 15.2 Å². The van der Waals surface area contributed by atoms with E-state index in [0.29, 0.717) is 12.2 Å². The lowest BCUT2D eigenvalue weighted by molar-refractivity contribution is -0.139. The smallest absolute Gasteiger partial charge is 0.408 e. The standard InChI is InChI=1S/C15H25N3O4S/c1-15(2,3)22-14(21)17-12(13(19)20)6-8-23-7-5-11-9-16-18(4)10-11/h9-10,12H,5-8H2,1-4H3,(H,17,21)(H,19,20). The summed E-state index contributed by atoms with van der Waals surface area (Å²) in [4.78, 5) is 22.8. The Balaban J connectivity index is 2.27. The maximum Gasteiger partial charge on any atom is 0.408 e. The van der Waals surface area contributed by atoms with Crippen LogP contribution in [-0.4, -0.2) is 50.1 Å². The summed E-state index contributed by atoms with van der Waals surface area (Å²) in [5.41, 5.74) is 0.507. The van der Waals surface area contributed by atoms with Gasteiger partial charge in [-0.3, -0.25) is 4.68 Å². The number of hydrogen-bond acceptors (Lipinski definition) is 5. The first kappa shape index (κ1) is 19.3. The Labute approximate surface area is 140 Å². The summed E-state index contributed by atoms with van der Waals surface area (Å²) in [5.74, 6) is 0.473. The second-order valence-electron chi connectivity index (χ2n) is 6.21. The van der Waals surface area contributed by atoms with Crippen molar-refractivity contribution >= 4 is 23.8 Å². The number of nitrogens with one attached hydrogen (secondary N) is 1. The summed E-state index contributed by atoms with van der Waals surface area (Å²) < 4.78 is 6.83. The third-order valence-electron chi connectivity index (χ3n) is 2.83. The van der Waals surface area contributed by atoms with Gasteiger partial charge in [-0.1, -0.05) is 0 Å². The van der Waals surface area contributed by atoms with Crippen LogP contribution in [0.15, 0.2) is 12.4 Å². The molecule has 8 heteroatoms. The molecule has 1 heterocycles. The number of carbonyl (C=O) groups is 2. The maximum absolute atomic E-state index is 11.6. The van der Waals surface area contributed by atoms with Crippen LogP contribution in [0.1, 0.15) is 32.8 Å². The molecular formula is C15H25N3O4S. The topological polar surface area (TPSA) is 93.5 Å². The lowest BCUT2D eigenvalue weighted by Crippen LogP contribution is -2.43. The lowest BCUT2D eigenvalue weighted by Gasteiger charge is -2.21. The first-order chi connectivity index (χ1) is 10.7. The van der Waals surface area contributed by atoms with Crippen LogP contribution in [0.25, 0.3) is 0 Å². The Bertz CT molecular complexity index is 525. The summed E-state index contributed by atoms with van der Waals surface area (Å²) in [6.07, 6.45) is 4.32. The molecule has 0 spiro atoms. The zero-order valence-electron chi connectivity index (χ0n) is 14.0. The number of carboxylic acids is 1. The number of alkyl carbamates (subject to hydrolysis) is 1. The summed E-state index contributed by atoms with van der Waals surface area (Å²) in [5, 5.41) is 15.7. The highest BCUT2D eigenvalue weighted by molar-refractivity contribution is 7.99. The number of aryl methyl sites for hydroxylation is 2. The summed E-state index contributed by atoms with van der Waals surface area (Å²) in [6.45, 7) is 5.20. The first-order valence-corrected chi connectivity index (χ1v) is 8.60. The minimum absolute atomic E-state index is 0.353. The largest absolute Gasteiger partial charge is 0.480 e. The minimum atomic E-state index is -1.05. The van der Waals surface area contributed by atoms with Gasteiger partial charge in [0.2, 0.25) is 0 Å². The van der Waals surface area contributed by atoms with E-state index in [4.69, 9.17) is 9.84 Å². The van der Waals surface area contributed by atoms with Crippen molar-refractivity contribution in [3.05, 3.63) is 18.0 Å². The van der Waals surface area contributed by atoms with Gasteiger partial charge >= 0.3 is 12.1 Å². The fourth-order valence-electron chi connectivity index (χ4n) is 1.80. The third kappa shape index (κ3) is 8.49. The monoisotopic (exact) mass is 343 g/mol. The Morgan fingerprint density at radius 2 is 2.13 bits per heavy atom. The van der Waals surface area contributed by atoms with Crippen molar-refractivity contribution in [2.45, 2.75) is 45.3 Å².